The maximum absolute atomic E-state index is 8.71. The maximum atomic E-state index is 8.71. The zero-order chi connectivity index (χ0) is 12.3. The monoisotopic (exact) mass is 244 g/mol. The van der Waals surface area contributed by atoms with Gasteiger partial charge in [0, 0.05) is 5.69 Å². The molecule has 0 aliphatic heterocycles. The van der Waals surface area contributed by atoms with Gasteiger partial charge in [-0.1, -0.05) is 11.6 Å². The van der Waals surface area contributed by atoms with Crippen molar-refractivity contribution >= 4 is 17.3 Å². The maximum Gasteiger partial charge on any atom is 0.146 e. The Bertz CT molecular complexity index is 573. The van der Waals surface area contributed by atoms with Crippen LogP contribution >= 0.6 is 11.6 Å². The molecule has 0 aliphatic rings. The van der Waals surface area contributed by atoms with Crippen LogP contribution in [0, 0.1) is 11.3 Å². The molecule has 4 heteroatoms. The number of nitriles is 1. The molecule has 0 saturated carbocycles. The predicted molar refractivity (Wildman–Crippen MR) is 67.1 cm³/mol. The first-order chi connectivity index (χ1) is 8.19. The highest BCUT2D eigenvalue weighted by molar-refractivity contribution is 6.32. The number of halogens is 1. The van der Waals surface area contributed by atoms with Crippen LogP contribution in [-0.2, 0) is 0 Å². The number of hydrogen-bond donors (Lipinski definition) is 1. The average molecular weight is 245 g/mol. The smallest absolute Gasteiger partial charge is 0.146 e. The van der Waals surface area contributed by atoms with Crippen molar-refractivity contribution in [1.82, 2.24) is 0 Å². The van der Waals surface area contributed by atoms with E-state index in [0.29, 0.717) is 27.8 Å². The molecule has 2 N–H and O–H groups in total. The van der Waals surface area contributed by atoms with Gasteiger partial charge < -0.3 is 10.5 Å². The standard InChI is InChI=1S/C13H9ClN2O/c14-12-7-9(8-15)1-6-13(12)17-11-4-2-10(16)3-5-11/h1-7H,16H2. The minimum atomic E-state index is 0.404. The topological polar surface area (TPSA) is 59.0 Å². The van der Waals surface area contributed by atoms with Gasteiger partial charge in [-0.2, -0.15) is 5.26 Å². The fourth-order valence-corrected chi connectivity index (χ4v) is 1.54. The first-order valence-electron chi connectivity index (χ1n) is 4.92. The molecule has 0 amide bonds. The van der Waals surface area contributed by atoms with Crippen LogP contribution in [0.3, 0.4) is 0 Å². The summed E-state index contributed by atoms with van der Waals surface area (Å²) in [5.41, 5.74) is 6.74. The quantitative estimate of drug-likeness (QED) is 0.822. The lowest BCUT2D eigenvalue weighted by molar-refractivity contribution is 0.483. The highest BCUT2D eigenvalue weighted by atomic mass is 35.5. The molecule has 17 heavy (non-hydrogen) atoms. The van der Waals surface area contributed by atoms with E-state index in [1.165, 1.54) is 0 Å². The van der Waals surface area contributed by atoms with Crippen LogP contribution in [0.1, 0.15) is 5.56 Å². The fraction of sp³-hybridized carbons (Fsp3) is 0. The first kappa shape index (κ1) is 11.3. The number of benzene rings is 2. The van der Waals surface area contributed by atoms with Gasteiger partial charge in [-0.05, 0) is 42.5 Å². The average Bonchev–Trinajstić information content (AvgIpc) is 2.34. The molecule has 2 rings (SSSR count). The van der Waals surface area contributed by atoms with Crippen LogP contribution in [0.25, 0.3) is 0 Å². The second kappa shape index (κ2) is 4.77. The summed E-state index contributed by atoms with van der Waals surface area (Å²) < 4.78 is 5.57. The van der Waals surface area contributed by atoms with Gasteiger partial charge in [-0.3, -0.25) is 0 Å². The van der Waals surface area contributed by atoms with Crippen molar-refractivity contribution < 1.29 is 4.74 Å². The number of nitrogen functional groups attached to an aromatic ring is 1. The molecule has 0 spiro atoms. The third kappa shape index (κ3) is 2.68. The first-order valence-corrected chi connectivity index (χ1v) is 5.30. The molecule has 0 fully saturated rings. The summed E-state index contributed by atoms with van der Waals surface area (Å²) in [5.74, 6) is 1.15. The molecule has 0 aromatic heterocycles. The van der Waals surface area contributed by atoms with E-state index < -0.39 is 0 Å². The van der Waals surface area contributed by atoms with Crippen molar-refractivity contribution in [3.8, 4) is 17.6 Å². The van der Waals surface area contributed by atoms with Crippen molar-refractivity contribution in [2.24, 2.45) is 0 Å². The molecule has 0 bridgehead atoms. The van der Waals surface area contributed by atoms with Crippen molar-refractivity contribution in [3.63, 3.8) is 0 Å². The summed E-state index contributed by atoms with van der Waals surface area (Å²) in [6.07, 6.45) is 0. The zero-order valence-electron chi connectivity index (χ0n) is 8.85. The Morgan fingerprint density at radius 1 is 1.12 bits per heavy atom. The molecular formula is C13H9ClN2O. The fourth-order valence-electron chi connectivity index (χ4n) is 1.32. The van der Waals surface area contributed by atoms with Gasteiger partial charge in [-0.15, -0.1) is 0 Å². The molecule has 0 saturated heterocycles. The molecule has 3 nitrogen and oxygen atoms in total. The second-order valence-electron chi connectivity index (χ2n) is 3.43. The van der Waals surface area contributed by atoms with Gasteiger partial charge in [0.1, 0.15) is 11.5 Å². The zero-order valence-corrected chi connectivity index (χ0v) is 9.61. The summed E-state index contributed by atoms with van der Waals surface area (Å²) in [5, 5.41) is 9.11. The summed E-state index contributed by atoms with van der Waals surface area (Å²) in [6.45, 7) is 0. The van der Waals surface area contributed by atoms with Gasteiger partial charge in [0.05, 0.1) is 16.7 Å². The summed E-state index contributed by atoms with van der Waals surface area (Å²) >= 11 is 5.99. The van der Waals surface area contributed by atoms with Crippen molar-refractivity contribution in [3.05, 3.63) is 53.1 Å². The molecule has 2 aromatic rings. The third-order valence-corrected chi connectivity index (χ3v) is 2.46. The van der Waals surface area contributed by atoms with Crippen molar-refractivity contribution in [2.45, 2.75) is 0 Å². The van der Waals surface area contributed by atoms with Gasteiger partial charge in [0.15, 0.2) is 0 Å². The Morgan fingerprint density at radius 3 is 2.41 bits per heavy atom. The van der Waals surface area contributed by atoms with Crippen molar-refractivity contribution in [2.75, 3.05) is 5.73 Å². The molecule has 84 valence electrons. The van der Waals surface area contributed by atoms with E-state index in [1.807, 2.05) is 6.07 Å². The Hall–Kier alpha value is -2.18. The highest BCUT2D eigenvalue weighted by Gasteiger charge is 2.04. The van der Waals surface area contributed by atoms with Crippen molar-refractivity contribution in [1.29, 1.82) is 5.26 Å². The lowest BCUT2D eigenvalue weighted by Crippen LogP contribution is -1.88. The number of nitrogens with zero attached hydrogens (tertiary/aromatic N) is 1. The van der Waals surface area contributed by atoms with E-state index in [4.69, 9.17) is 27.3 Å². The largest absolute Gasteiger partial charge is 0.456 e. The minimum absolute atomic E-state index is 0.404. The number of hydrogen-bond acceptors (Lipinski definition) is 3. The van der Waals surface area contributed by atoms with E-state index in [1.54, 1.807) is 42.5 Å². The highest BCUT2D eigenvalue weighted by Crippen LogP contribution is 2.30. The van der Waals surface area contributed by atoms with E-state index >= 15 is 0 Å². The van der Waals surface area contributed by atoms with Gasteiger partial charge in [0.2, 0.25) is 0 Å². The van der Waals surface area contributed by atoms with Crippen LogP contribution in [-0.4, -0.2) is 0 Å². The summed E-state index contributed by atoms with van der Waals surface area (Å²) in [7, 11) is 0. The third-order valence-electron chi connectivity index (χ3n) is 2.17. The Morgan fingerprint density at radius 2 is 1.82 bits per heavy atom. The number of rotatable bonds is 2. The van der Waals surface area contributed by atoms with Crippen LogP contribution in [0.5, 0.6) is 11.5 Å². The van der Waals surface area contributed by atoms with Gasteiger partial charge in [0.25, 0.3) is 0 Å². The predicted octanol–water partition coefficient (Wildman–Crippen LogP) is 3.59. The molecule has 0 aliphatic carbocycles. The molecule has 0 radical (unpaired) electrons. The van der Waals surface area contributed by atoms with E-state index in [0.717, 1.165) is 0 Å². The molecule has 2 aromatic carbocycles. The van der Waals surface area contributed by atoms with E-state index in [9.17, 15) is 0 Å². The van der Waals surface area contributed by atoms with E-state index in [2.05, 4.69) is 0 Å². The molecular weight excluding hydrogens is 236 g/mol. The second-order valence-corrected chi connectivity index (χ2v) is 3.84. The summed E-state index contributed by atoms with van der Waals surface area (Å²) in [6, 6.07) is 13.9. The SMILES string of the molecule is N#Cc1ccc(Oc2ccc(N)cc2)c(Cl)c1. The van der Waals surface area contributed by atoms with Crippen LogP contribution in [0.4, 0.5) is 5.69 Å². The lowest BCUT2D eigenvalue weighted by Gasteiger charge is -2.07. The lowest BCUT2D eigenvalue weighted by atomic mass is 10.2. The molecule has 0 unspecified atom stereocenters. The molecule has 0 atom stereocenters. The Balaban J connectivity index is 2.25. The van der Waals surface area contributed by atoms with Crippen LogP contribution in [0.15, 0.2) is 42.5 Å². The number of nitrogens with two attached hydrogens (primary N) is 1. The van der Waals surface area contributed by atoms with E-state index in [-0.39, 0.29) is 0 Å². The Labute approximate surface area is 104 Å². The number of anilines is 1. The van der Waals surface area contributed by atoms with Gasteiger partial charge in [-0.25, -0.2) is 0 Å². The van der Waals surface area contributed by atoms with Crippen LogP contribution in [0.2, 0.25) is 5.02 Å². The van der Waals surface area contributed by atoms with Gasteiger partial charge >= 0.3 is 0 Å². The van der Waals surface area contributed by atoms with Crippen LogP contribution < -0.4 is 10.5 Å². The normalized spacial score (nSPS) is 9.65. The summed E-state index contributed by atoms with van der Waals surface area (Å²) in [4.78, 5) is 0. The Kier molecular flexibility index (Phi) is 3.17. The molecule has 0 heterocycles. The minimum Gasteiger partial charge on any atom is -0.456 e. The number of ether oxygens (including phenoxy) is 1.